The summed E-state index contributed by atoms with van der Waals surface area (Å²) in [5.74, 6) is 0.107. The van der Waals surface area contributed by atoms with E-state index in [1.54, 1.807) is 18.2 Å². The second kappa shape index (κ2) is 7.55. The molecule has 120 valence electrons. The number of nitrogens with one attached hydrogen (secondary N) is 1. The van der Waals surface area contributed by atoms with E-state index in [9.17, 15) is 9.90 Å². The number of phenols is 1. The summed E-state index contributed by atoms with van der Waals surface area (Å²) in [6, 6.07) is 14.9. The highest BCUT2D eigenvalue weighted by Crippen LogP contribution is 2.34. The van der Waals surface area contributed by atoms with Crippen LogP contribution < -0.4 is 5.32 Å². The highest BCUT2D eigenvalue weighted by Gasteiger charge is 2.15. The van der Waals surface area contributed by atoms with Crippen LogP contribution in [0.4, 0.5) is 5.69 Å². The van der Waals surface area contributed by atoms with Gasteiger partial charge in [-0.15, -0.1) is 11.8 Å². The first kappa shape index (κ1) is 15.9. The number of aromatic hydroxyl groups is 1. The normalized spacial score (nSPS) is 14.8. The van der Waals surface area contributed by atoms with Gasteiger partial charge in [0.15, 0.2) is 0 Å². The van der Waals surface area contributed by atoms with E-state index in [1.807, 2.05) is 30.0 Å². The quantitative estimate of drug-likeness (QED) is 0.843. The van der Waals surface area contributed by atoms with E-state index in [-0.39, 0.29) is 18.1 Å². The molecule has 3 rings (SSSR count). The Balaban J connectivity index is 1.54. The molecule has 0 heterocycles. The number of hydrogen-bond donors (Lipinski definition) is 2. The van der Waals surface area contributed by atoms with Crippen molar-refractivity contribution in [3.8, 4) is 5.75 Å². The van der Waals surface area contributed by atoms with E-state index in [0.29, 0.717) is 0 Å². The van der Waals surface area contributed by atoms with Crippen LogP contribution in [0.25, 0.3) is 0 Å². The standard InChI is InChI=1S/C19H21NO2S/c21-16-5-3-4-14(12-16)13-19(22)20-15-8-10-18(11-9-15)23-17-6-1-2-7-17/h3-5,8-12,17,21H,1-2,6-7,13H2,(H,20,22). The van der Waals surface area contributed by atoms with Crippen LogP contribution in [0.15, 0.2) is 53.4 Å². The zero-order chi connectivity index (χ0) is 16.1. The lowest BCUT2D eigenvalue weighted by Gasteiger charge is -2.10. The number of thioether (sulfide) groups is 1. The van der Waals surface area contributed by atoms with Gasteiger partial charge in [-0.3, -0.25) is 4.79 Å². The molecule has 2 aromatic rings. The van der Waals surface area contributed by atoms with Crippen molar-refractivity contribution < 1.29 is 9.90 Å². The van der Waals surface area contributed by atoms with Crippen molar-refractivity contribution in [1.82, 2.24) is 0 Å². The fourth-order valence-corrected chi connectivity index (χ4v) is 4.12. The minimum Gasteiger partial charge on any atom is -0.508 e. The predicted molar refractivity (Wildman–Crippen MR) is 95.0 cm³/mol. The molecule has 0 atom stereocenters. The lowest BCUT2D eigenvalue weighted by Crippen LogP contribution is -2.14. The minimum absolute atomic E-state index is 0.0770. The molecule has 0 saturated heterocycles. The summed E-state index contributed by atoms with van der Waals surface area (Å²) < 4.78 is 0. The van der Waals surface area contributed by atoms with Gasteiger partial charge < -0.3 is 10.4 Å². The van der Waals surface area contributed by atoms with Crippen LogP contribution in [0, 0.1) is 0 Å². The molecular weight excluding hydrogens is 306 g/mol. The molecule has 1 aliphatic rings. The van der Waals surface area contributed by atoms with E-state index < -0.39 is 0 Å². The number of carbonyl (C=O) groups excluding carboxylic acids is 1. The molecule has 23 heavy (non-hydrogen) atoms. The van der Waals surface area contributed by atoms with Crippen LogP contribution in [-0.4, -0.2) is 16.3 Å². The molecule has 0 radical (unpaired) electrons. The average molecular weight is 327 g/mol. The second-order valence-corrected chi connectivity index (χ2v) is 7.32. The molecule has 0 spiro atoms. The summed E-state index contributed by atoms with van der Waals surface area (Å²) in [4.78, 5) is 13.3. The van der Waals surface area contributed by atoms with E-state index in [1.165, 1.54) is 30.6 Å². The Bertz CT molecular complexity index is 663. The molecule has 2 N–H and O–H groups in total. The van der Waals surface area contributed by atoms with Crippen molar-refractivity contribution in [1.29, 1.82) is 0 Å². The predicted octanol–water partition coefficient (Wildman–Crippen LogP) is 4.61. The first-order chi connectivity index (χ1) is 11.2. The molecule has 1 aliphatic carbocycles. The van der Waals surface area contributed by atoms with E-state index in [0.717, 1.165) is 16.5 Å². The van der Waals surface area contributed by atoms with Crippen molar-refractivity contribution in [2.75, 3.05) is 5.32 Å². The van der Waals surface area contributed by atoms with Gasteiger partial charge in [0.25, 0.3) is 0 Å². The number of phenolic OH excluding ortho intramolecular Hbond substituents is 1. The summed E-state index contributed by atoms with van der Waals surface area (Å²) >= 11 is 1.94. The van der Waals surface area contributed by atoms with Crippen molar-refractivity contribution in [2.45, 2.75) is 42.2 Å². The third-order valence-electron chi connectivity index (χ3n) is 4.02. The third kappa shape index (κ3) is 4.76. The van der Waals surface area contributed by atoms with Crippen LogP contribution >= 0.6 is 11.8 Å². The molecule has 0 aromatic heterocycles. The van der Waals surface area contributed by atoms with Crippen LogP contribution in [-0.2, 0) is 11.2 Å². The molecule has 1 saturated carbocycles. The smallest absolute Gasteiger partial charge is 0.228 e. The Morgan fingerprint density at radius 3 is 2.57 bits per heavy atom. The summed E-state index contributed by atoms with van der Waals surface area (Å²) in [6.07, 6.45) is 5.58. The highest BCUT2D eigenvalue weighted by molar-refractivity contribution is 8.00. The number of anilines is 1. The Morgan fingerprint density at radius 2 is 1.87 bits per heavy atom. The summed E-state index contributed by atoms with van der Waals surface area (Å²) in [5.41, 5.74) is 1.61. The maximum Gasteiger partial charge on any atom is 0.228 e. The summed E-state index contributed by atoms with van der Waals surface area (Å²) in [7, 11) is 0. The molecule has 0 aliphatic heterocycles. The van der Waals surface area contributed by atoms with Gasteiger partial charge in [0.1, 0.15) is 5.75 Å². The molecule has 3 nitrogen and oxygen atoms in total. The first-order valence-corrected chi connectivity index (χ1v) is 8.91. The van der Waals surface area contributed by atoms with Crippen LogP contribution in [0.5, 0.6) is 5.75 Å². The number of carbonyl (C=O) groups is 1. The zero-order valence-electron chi connectivity index (χ0n) is 13.0. The molecule has 0 bridgehead atoms. The largest absolute Gasteiger partial charge is 0.508 e. The van der Waals surface area contributed by atoms with Gasteiger partial charge in [-0.05, 0) is 54.8 Å². The SMILES string of the molecule is O=C(Cc1cccc(O)c1)Nc1ccc(SC2CCCC2)cc1. The fraction of sp³-hybridized carbons (Fsp3) is 0.316. The van der Waals surface area contributed by atoms with Crippen molar-refractivity contribution >= 4 is 23.4 Å². The van der Waals surface area contributed by atoms with Gasteiger partial charge in [0.05, 0.1) is 6.42 Å². The van der Waals surface area contributed by atoms with Crippen molar-refractivity contribution in [3.63, 3.8) is 0 Å². The van der Waals surface area contributed by atoms with Crippen molar-refractivity contribution in [3.05, 3.63) is 54.1 Å². The van der Waals surface area contributed by atoms with Crippen LogP contribution in [0.2, 0.25) is 0 Å². The highest BCUT2D eigenvalue weighted by atomic mass is 32.2. The Labute approximate surface area is 141 Å². The fourth-order valence-electron chi connectivity index (χ4n) is 2.87. The molecular formula is C19H21NO2S. The second-order valence-electron chi connectivity index (χ2n) is 5.94. The Hall–Kier alpha value is -1.94. The third-order valence-corrected chi connectivity index (χ3v) is 5.37. The average Bonchev–Trinajstić information content (AvgIpc) is 3.02. The Morgan fingerprint density at radius 1 is 1.13 bits per heavy atom. The minimum atomic E-state index is -0.0770. The number of hydrogen-bond acceptors (Lipinski definition) is 3. The lowest BCUT2D eigenvalue weighted by molar-refractivity contribution is -0.115. The van der Waals surface area contributed by atoms with Gasteiger partial charge in [-0.1, -0.05) is 25.0 Å². The number of amides is 1. The topological polar surface area (TPSA) is 49.3 Å². The maximum absolute atomic E-state index is 12.1. The van der Waals surface area contributed by atoms with E-state index in [2.05, 4.69) is 17.4 Å². The van der Waals surface area contributed by atoms with Gasteiger partial charge >= 0.3 is 0 Å². The van der Waals surface area contributed by atoms with Crippen LogP contribution in [0.1, 0.15) is 31.2 Å². The monoisotopic (exact) mass is 327 g/mol. The molecule has 0 unspecified atom stereocenters. The Kier molecular flexibility index (Phi) is 5.23. The number of rotatable bonds is 5. The van der Waals surface area contributed by atoms with Gasteiger partial charge in [0.2, 0.25) is 5.91 Å². The van der Waals surface area contributed by atoms with Crippen LogP contribution in [0.3, 0.4) is 0 Å². The van der Waals surface area contributed by atoms with Gasteiger partial charge in [-0.25, -0.2) is 0 Å². The lowest BCUT2D eigenvalue weighted by atomic mass is 10.1. The number of benzene rings is 2. The molecule has 1 amide bonds. The molecule has 2 aromatic carbocycles. The van der Waals surface area contributed by atoms with Crippen molar-refractivity contribution in [2.24, 2.45) is 0 Å². The summed E-state index contributed by atoms with van der Waals surface area (Å²) in [6.45, 7) is 0. The zero-order valence-corrected chi connectivity index (χ0v) is 13.8. The van der Waals surface area contributed by atoms with E-state index in [4.69, 9.17) is 0 Å². The van der Waals surface area contributed by atoms with Gasteiger partial charge in [0, 0.05) is 15.8 Å². The molecule has 1 fully saturated rings. The van der Waals surface area contributed by atoms with E-state index >= 15 is 0 Å². The first-order valence-electron chi connectivity index (χ1n) is 8.03. The summed E-state index contributed by atoms with van der Waals surface area (Å²) in [5, 5.41) is 13.1. The maximum atomic E-state index is 12.1. The van der Waals surface area contributed by atoms with Gasteiger partial charge in [-0.2, -0.15) is 0 Å². The molecule has 4 heteroatoms.